The van der Waals surface area contributed by atoms with Gasteiger partial charge in [0.15, 0.2) is 0 Å². The molecule has 1 saturated carbocycles. The van der Waals surface area contributed by atoms with Crippen molar-refractivity contribution in [3.63, 3.8) is 0 Å². The fraction of sp³-hybridized carbons (Fsp3) is 1.00. The smallest absolute Gasteiger partial charge is 0.0924 e. The molecule has 0 bridgehead atoms. The van der Waals surface area contributed by atoms with E-state index >= 15 is 0 Å². The van der Waals surface area contributed by atoms with Crippen molar-refractivity contribution >= 4 is 11.8 Å². The first-order valence-electron chi connectivity index (χ1n) is 5.70. The van der Waals surface area contributed by atoms with Gasteiger partial charge >= 0.3 is 0 Å². The van der Waals surface area contributed by atoms with Crippen LogP contribution in [0.25, 0.3) is 0 Å². The highest BCUT2D eigenvalue weighted by molar-refractivity contribution is 8.00. The highest BCUT2D eigenvalue weighted by Gasteiger charge is 2.43. The van der Waals surface area contributed by atoms with E-state index in [0.717, 1.165) is 0 Å². The highest BCUT2D eigenvalue weighted by atomic mass is 32.2. The van der Waals surface area contributed by atoms with Crippen molar-refractivity contribution < 1.29 is 4.74 Å². The van der Waals surface area contributed by atoms with Gasteiger partial charge in [0, 0.05) is 13.2 Å². The van der Waals surface area contributed by atoms with Crippen LogP contribution in [0.5, 0.6) is 0 Å². The lowest BCUT2D eigenvalue weighted by atomic mass is 10.0. The Balaban J connectivity index is 2.03. The molecule has 1 saturated heterocycles. The van der Waals surface area contributed by atoms with Crippen LogP contribution < -0.4 is 5.32 Å². The summed E-state index contributed by atoms with van der Waals surface area (Å²) in [5.74, 6) is 1.28. The first-order valence-corrected chi connectivity index (χ1v) is 6.74. The predicted octanol–water partition coefficient (Wildman–Crippen LogP) is 2.39. The second kappa shape index (κ2) is 4.42. The van der Waals surface area contributed by atoms with Crippen LogP contribution in [0.1, 0.15) is 39.0 Å². The lowest BCUT2D eigenvalue weighted by molar-refractivity contribution is -0.0155. The minimum Gasteiger partial charge on any atom is -0.376 e. The maximum atomic E-state index is 5.80. The molecule has 0 aromatic carbocycles. The zero-order chi connectivity index (χ0) is 10.0. The molecule has 0 radical (unpaired) electrons. The number of hydrogen-bond acceptors (Lipinski definition) is 3. The molecule has 0 amide bonds. The van der Waals surface area contributed by atoms with Crippen molar-refractivity contribution in [2.45, 2.75) is 56.0 Å². The molecule has 2 fully saturated rings. The molecule has 3 heteroatoms. The van der Waals surface area contributed by atoms with Gasteiger partial charge in [-0.25, -0.2) is 0 Å². The monoisotopic (exact) mass is 215 g/mol. The summed E-state index contributed by atoms with van der Waals surface area (Å²) in [4.78, 5) is 0. The van der Waals surface area contributed by atoms with Crippen LogP contribution in [0.3, 0.4) is 0 Å². The Morgan fingerprint density at radius 2 is 2.07 bits per heavy atom. The average Bonchev–Trinajstić information content (AvgIpc) is 2.67. The van der Waals surface area contributed by atoms with Crippen LogP contribution >= 0.6 is 11.8 Å². The van der Waals surface area contributed by atoms with Gasteiger partial charge in [-0.2, -0.15) is 0 Å². The first kappa shape index (κ1) is 10.8. The van der Waals surface area contributed by atoms with Gasteiger partial charge in [-0.05, 0) is 31.9 Å². The van der Waals surface area contributed by atoms with Crippen molar-refractivity contribution in [3.05, 3.63) is 0 Å². The summed E-state index contributed by atoms with van der Waals surface area (Å²) in [5, 5.41) is 4.21. The zero-order valence-corrected chi connectivity index (χ0v) is 10.0. The molecule has 2 unspecified atom stereocenters. The number of ether oxygens (including phenoxy) is 1. The van der Waals surface area contributed by atoms with Crippen LogP contribution in [-0.4, -0.2) is 29.9 Å². The van der Waals surface area contributed by atoms with Gasteiger partial charge in [-0.15, -0.1) is 11.8 Å². The van der Waals surface area contributed by atoms with E-state index < -0.39 is 0 Å². The number of hydrogen-bond donors (Lipinski definition) is 1. The van der Waals surface area contributed by atoms with Crippen LogP contribution in [0.4, 0.5) is 0 Å². The topological polar surface area (TPSA) is 21.3 Å². The molecule has 0 aromatic heterocycles. The summed E-state index contributed by atoms with van der Waals surface area (Å²) >= 11 is 2.05. The molecule has 2 atom stereocenters. The molecule has 82 valence electrons. The highest BCUT2D eigenvalue weighted by Crippen LogP contribution is 2.41. The van der Waals surface area contributed by atoms with Gasteiger partial charge in [0.2, 0.25) is 0 Å². The predicted molar refractivity (Wildman–Crippen MR) is 61.7 cm³/mol. The molecule has 0 aromatic rings. The fourth-order valence-corrected chi connectivity index (χ4v) is 4.29. The fourth-order valence-electron chi connectivity index (χ4n) is 2.60. The van der Waals surface area contributed by atoms with Crippen LogP contribution in [0, 0.1) is 0 Å². The van der Waals surface area contributed by atoms with Gasteiger partial charge in [0.1, 0.15) is 0 Å². The van der Waals surface area contributed by atoms with Crippen LogP contribution in [-0.2, 0) is 4.74 Å². The molecule has 2 nitrogen and oxygen atoms in total. The van der Waals surface area contributed by atoms with Crippen molar-refractivity contribution in [1.29, 1.82) is 0 Å². The Morgan fingerprint density at radius 3 is 2.64 bits per heavy atom. The van der Waals surface area contributed by atoms with Gasteiger partial charge in [0.25, 0.3) is 0 Å². The quantitative estimate of drug-likeness (QED) is 0.764. The molecule has 0 spiro atoms. The molecule has 1 aliphatic carbocycles. The molecular formula is C11H21NOS. The number of methoxy groups -OCH3 is 1. The Morgan fingerprint density at radius 1 is 1.36 bits per heavy atom. The maximum absolute atomic E-state index is 5.80. The summed E-state index contributed by atoms with van der Waals surface area (Å²) in [6, 6.07) is 0.661. The normalized spacial score (nSPS) is 37.3. The van der Waals surface area contributed by atoms with E-state index in [1.165, 1.54) is 37.9 Å². The number of nitrogens with one attached hydrogen (secondary N) is 1. The van der Waals surface area contributed by atoms with E-state index in [1.54, 1.807) is 0 Å². The van der Waals surface area contributed by atoms with E-state index in [0.29, 0.717) is 11.4 Å². The largest absolute Gasteiger partial charge is 0.376 e. The van der Waals surface area contributed by atoms with Crippen molar-refractivity contribution in [1.82, 2.24) is 5.32 Å². The van der Waals surface area contributed by atoms with Gasteiger partial charge in [0.05, 0.1) is 11.0 Å². The minimum atomic E-state index is 0.138. The molecule has 14 heavy (non-hydrogen) atoms. The number of rotatable bonds is 2. The van der Waals surface area contributed by atoms with Crippen molar-refractivity contribution in [3.8, 4) is 0 Å². The van der Waals surface area contributed by atoms with Crippen LogP contribution in [0.15, 0.2) is 0 Å². The molecule has 1 aliphatic heterocycles. The Kier molecular flexibility index (Phi) is 3.40. The lowest BCUT2D eigenvalue weighted by Gasteiger charge is -2.40. The van der Waals surface area contributed by atoms with Gasteiger partial charge in [-0.1, -0.05) is 12.8 Å². The SMILES string of the molecule is COC1(C2NC(C)CCS2)CCCC1. The van der Waals surface area contributed by atoms with Gasteiger partial charge < -0.3 is 10.1 Å². The summed E-state index contributed by atoms with van der Waals surface area (Å²) < 4.78 is 5.80. The molecular weight excluding hydrogens is 194 g/mol. The third-order valence-corrected chi connectivity index (χ3v) is 4.98. The number of thioether (sulfide) groups is 1. The third-order valence-electron chi connectivity index (χ3n) is 3.61. The Hall–Kier alpha value is 0.270. The molecule has 2 aliphatic rings. The molecule has 2 rings (SSSR count). The standard InChI is InChI=1S/C11H21NOS/c1-9-5-8-14-10(12-9)11(13-2)6-3-4-7-11/h9-10,12H,3-8H2,1-2H3. The van der Waals surface area contributed by atoms with Crippen LogP contribution in [0.2, 0.25) is 0 Å². The first-order chi connectivity index (χ1) is 6.77. The second-order valence-corrected chi connectivity index (χ2v) is 5.80. The average molecular weight is 215 g/mol. The zero-order valence-electron chi connectivity index (χ0n) is 9.21. The second-order valence-electron chi connectivity index (χ2n) is 4.58. The van der Waals surface area contributed by atoms with Crippen molar-refractivity contribution in [2.24, 2.45) is 0 Å². The Bertz CT molecular complexity index is 192. The minimum absolute atomic E-state index is 0.138. The third kappa shape index (κ3) is 1.95. The van der Waals surface area contributed by atoms with Gasteiger partial charge in [-0.3, -0.25) is 0 Å². The van der Waals surface area contributed by atoms with E-state index in [-0.39, 0.29) is 5.60 Å². The van der Waals surface area contributed by atoms with E-state index in [1.807, 2.05) is 7.11 Å². The summed E-state index contributed by atoms with van der Waals surface area (Å²) in [6.45, 7) is 2.28. The van der Waals surface area contributed by atoms with E-state index in [2.05, 4.69) is 24.0 Å². The summed E-state index contributed by atoms with van der Waals surface area (Å²) in [7, 11) is 1.88. The maximum Gasteiger partial charge on any atom is 0.0924 e. The summed E-state index contributed by atoms with van der Waals surface area (Å²) in [5.41, 5.74) is 0.138. The van der Waals surface area contributed by atoms with E-state index in [9.17, 15) is 0 Å². The molecule has 1 heterocycles. The summed E-state index contributed by atoms with van der Waals surface area (Å²) in [6.07, 6.45) is 6.44. The molecule has 1 N–H and O–H groups in total. The van der Waals surface area contributed by atoms with E-state index in [4.69, 9.17) is 4.74 Å². The van der Waals surface area contributed by atoms with Crippen molar-refractivity contribution in [2.75, 3.05) is 12.9 Å². The lowest BCUT2D eigenvalue weighted by Crippen LogP contribution is -2.53. The Labute approximate surface area is 91.2 Å².